The molecule has 0 aliphatic rings. The highest BCUT2D eigenvalue weighted by Crippen LogP contribution is 2.37. The van der Waals surface area contributed by atoms with E-state index in [0.717, 1.165) is 115 Å². The zero-order valence-corrected chi connectivity index (χ0v) is 69.6. The summed E-state index contributed by atoms with van der Waals surface area (Å²) in [6.45, 7) is 49.7. The molecule has 0 aliphatic carbocycles. The lowest BCUT2D eigenvalue weighted by Gasteiger charge is -2.32. The Morgan fingerprint density at radius 2 is 0.556 bits per heavy atom. The van der Waals surface area contributed by atoms with Gasteiger partial charge in [0.1, 0.15) is 57.8 Å². The van der Waals surface area contributed by atoms with Crippen molar-refractivity contribution in [3.05, 3.63) is 108 Å². The number of carbonyl (C=O) groups excluding carboxylic acids is 3. The van der Waals surface area contributed by atoms with E-state index >= 15 is 0 Å². The maximum atomic E-state index is 12.7. The van der Waals surface area contributed by atoms with Crippen LogP contribution >= 0.6 is 0 Å². The first-order chi connectivity index (χ1) is 46.1. The van der Waals surface area contributed by atoms with E-state index in [1.165, 1.54) is 68.1 Å². The minimum atomic E-state index is -0.632. The van der Waals surface area contributed by atoms with Gasteiger partial charge in [-0.2, -0.15) is 0 Å². The summed E-state index contributed by atoms with van der Waals surface area (Å²) in [5.74, 6) is 2.94. The maximum absolute atomic E-state index is 12.7. The fraction of sp³-hybridized carbons (Fsp3) is 0.759. The van der Waals surface area contributed by atoms with Gasteiger partial charge >= 0.3 is 17.9 Å². The number of esters is 3. The van der Waals surface area contributed by atoms with E-state index in [1.54, 1.807) is 0 Å². The van der Waals surface area contributed by atoms with Crippen LogP contribution in [0.25, 0.3) is 0 Å². The van der Waals surface area contributed by atoms with E-state index in [-0.39, 0.29) is 37.7 Å². The zero-order valence-electron chi connectivity index (χ0n) is 69.6. The second kappa shape index (κ2) is 54.5. The number of hydrogen-bond donors (Lipinski definition) is 3. The average Bonchev–Trinajstić information content (AvgIpc) is 0.862. The Morgan fingerprint density at radius 3 is 0.768 bits per heavy atom. The van der Waals surface area contributed by atoms with Crippen LogP contribution in [0.1, 0.15) is 295 Å². The smallest absolute Gasteiger partial charge is 0.311 e. The van der Waals surface area contributed by atoms with Crippen molar-refractivity contribution in [3.63, 3.8) is 0 Å². The quantitative estimate of drug-likeness (QED) is 0.0219. The first-order valence-electron chi connectivity index (χ1n) is 39.3. The van der Waals surface area contributed by atoms with Crippen molar-refractivity contribution < 1.29 is 57.4 Å². The third kappa shape index (κ3) is 50.8. The van der Waals surface area contributed by atoms with Crippen LogP contribution in [0.4, 0.5) is 0 Å². The number of quaternary nitrogens is 3. The Hall–Kier alpha value is -4.17. The number of carbonyl (C=O) groups is 3. The van der Waals surface area contributed by atoms with Crippen molar-refractivity contribution in [2.24, 2.45) is 34.0 Å². The summed E-state index contributed by atoms with van der Waals surface area (Å²) in [6.07, 6.45) is 17.9. The summed E-state index contributed by atoms with van der Waals surface area (Å²) in [6, 6.07) is 31.0. The number of aliphatic hydroxyl groups is 3. The minimum Gasteiger partial charge on any atom is -0.462 e. The van der Waals surface area contributed by atoms with E-state index in [4.69, 9.17) is 14.2 Å². The number of likely N-dealkylation sites (N-methyl/N-ethyl adjacent to an activating group) is 3. The van der Waals surface area contributed by atoms with Crippen LogP contribution < -0.4 is 0 Å². The lowest BCUT2D eigenvalue weighted by Crippen LogP contribution is -2.47. The molecule has 0 aromatic heterocycles. The molecule has 3 aromatic carbocycles. The van der Waals surface area contributed by atoms with E-state index in [0.29, 0.717) is 37.4 Å². The van der Waals surface area contributed by atoms with Gasteiger partial charge in [-0.3, -0.25) is 14.4 Å². The third-order valence-corrected chi connectivity index (χ3v) is 19.1. The molecule has 0 heterocycles. The number of benzene rings is 3. The first-order valence-corrected chi connectivity index (χ1v) is 39.3. The number of nitrogens with zero attached hydrogens (tertiary/aromatic N) is 3. The summed E-state index contributed by atoms with van der Waals surface area (Å²) < 4.78 is 18.8. The Balaban J connectivity index is -0.00000126. The van der Waals surface area contributed by atoms with Crippen molar-refractivity contribution >= 4 is 17.9 Å². The van der Waals surface area contributed by atoms with Crippen LogP contribution in [0, 0.1) is 34.0 Å². The fourth-order valence-corrected chi connectivity index (χ4v) is 11.4. The molecule has 0 bridgehead atoms. The topological polar surface area (TPSA) is 140 Å². The van der Waals surface area contributed by atoms with Gasteiger partial charge in [0, 0.05) is 0 Å². The highest BCUT2D eigenvalue weighted by atomic mass is 16.6. The fourth-order valence-electron chi connectivity index (χ4n) is 11.4. The van der Waals surface area contributed by atoms with Crippen LogP contribution in [0.2, 0.25) is 0 Å². The molecule has 12 nitrogen and oxygen atoms in total. The second-order valence-corrected chi connectivity index (χ2v) is 33.6. The van der Waals surface area contributed by atoms with Gasteiger partial charge in [-0.05, 0) is 164 Å². The molecule has 3 N–H and O–H groups in total. The minimum absolute atomic E-state index is 0.0677. The molecule has 6 atom stereocenters. The van der Waals surface area contributed by atoms with Crippen molar-refractivity contribution in [3.8, 4) is 0 Å². The van der Waals surface area contributed by atoms with Gasteiger partial charge in [-0.1, -0.05) is 240 Å². The third-order valence-electron chi connectivity index (χ3n) is 19.1. The number of rotatable bonds is 42. The van der Waals surface area contributed by atoms with Crippen molar-refractivity contribution in [2.45, 2.75) is 297 Å². The molecule has 99 heavy (non-hydrogen) atoms. The highest BCUT2D eigenvalue weighted by molar-refractivity contribution is 5.77. The van der Waals surface area contributed by atoms with Crippen LogP contribution in [-0.2, 0) is 28.6 Å². The molecule has 3 aromatic rings. The molecule has 12 heteroatoms. The molecule has 0 fully saturated rings. The van der Waals surface area contributed by atoms with Gasteiger partial charge < -0.3 is 43.0 Å². The lowest BCUT2D eigenvalue weighted by atomic mass is 9.79. The maximum Gasteiger partial charge on any atom is 0.311 e. The molecule has 576 valence electrons. The first kappa shape index (κ1) is 99.0. The number of unbranched alkanes of at least 4 members (excludes halogenated alkanes) is 6. The molecule has 0 radical (unpaired) electrons. The van der Waals surface area contributed by atoms with E-state index in [2.05, 4.69) is 183 Å². The summed E-state index contributed by atoms with van der Waals surface area (Å²) >= 11 is 0. The lowest BCUT2D eigenvalue weighted by molar-refractivity contribution is -0.893. The summed E-state index contributed by atoms with van der Waals surface area (Å²) in [7, 11) is 12.7. The number of hydrogen-bond acceptors (Lipinski definition) is 9. The van der Waals surface area contributed by atoms with Crippen LogP contribution in [0.5, 0.6) is 0 Å². The predicted octanol–water partition coefficient (Wildman–Crippen LogP) is 20.5. The van der Waals surface area contributed by atoms with Crippen molar-refractivity contribution in [1.82, 2.24) is 0 Å². The van der Waals surface area contributed by atoms with Crippen LogP contribution in [-0.4, -0.2) is 166 Å². The molecule has 0 aliphatic heterocycles. The normalized spacial score (nSPS) is 13.8. The van der Waals surface area contributed by atoms with Crippen molar-refractivity contribution in [1.29, 1.82) is 0 Å². The van der Waals surface area contributed by atoms with Gasteiger partial charge in [0.05, 0.1) is 78.2 Å². The van der Waals surface area contributed by atoms with Crippen LogP contribution in [0.15, 0.2) is 91.0 Å². The molecule has 3 rings (SSSR count). The number of aliphatic hydroxyl groups excluding tert-OH is 3. The van der Waals surface area contributed by atoms with Crippen molar-refractivity contribution in [2.75, 3.05) is 101 Å². The van der Waals surface area contributed by atoms with Gasteiger partial charge in [0.25, 0.3) is 0 Å². The molecular weight excluding hydrogens is 1230 g/mol. The van der Waals surface area contributed by atoms with Gasteiger partial charge in [0.15, 0.2) is 0 Å². The van der Waals surface area contributed by atoms with Gasteiger partial charge in [-0.15, -0.1) is 0 Å². The predicted molar refractivity (Wildman–Crippen MR) is 424 cm³/mol. The van der Waals surface area contributed by atoms with E-state index < -0.39 is 34.6 Å². The molecule has 0 amide bonds. The SMILES string of the molecule is CCC(C)C.CCC(C)C.CCC(C)C.CCCCCC[N+](C)(C)CC(O)COC(=O)C(C)(C)CC(CC)c1ccccc1.CCCCC[N+](C)(C)CC(O)COC(=O)C(C)(C)CC(CC)c1ccccc1.CCCC[N+](C)(C)CC(O)COC(=O)C(C)(C)CC(CC)c1ccccc1. The highest BCUT2D eigenvalue weighted by Gasteiger charge is 2.37. The molecular formula is C87H162N3O9+3. The number of ether oxygens (including phenoxy) is 3. The second-order valence-electron chi connectivity index (χ2n) is 33.6. The van der Waals surface area contributed by atoms with E-state index in [1.807, 2.05) is 96.1 Å². The Labute approximate surface area is 612 Å². The molecule has 0 saturated carbocycles. The molecule has 0 spiro atoms. The summed E-state index contributed by atoms with van der Waals surface area (Å²) in [5, 5.41) is 31.1. The monoisotopic (exact) mass is 1390 g/mol. The Kier molecular flexibility index (Phi) is 54.5. The van der Waals surface area contributed by atoms with Gasteiger partial charge in [0.2, 0.25) is 0 Å². The zero-order chi connectivity index (χ0) is 76.5. The summed E-state index contributed by atoms with van der Waals surface area (Å²) in [4.78, 5) is 38.1. The van der Waals surface area contributed by atoms with Crippen LogP contribution in [0.3, 0.4) is 0 Å². The standard InChI is InChI=1S/C25H44NO3.C24H42NO3.C23H40NO3.3C5H12/c1-7-9-10-14-17-26(5,6)19-23(27)20-29-24(28)25(3,4)18-21(8-2)22-15-12-11-13-16-22;1-7-9-13-16-25(5,6)18-22(26)19-28-23(27)24(3,4)17-20(8-2)21-14-11-10-12-15-21;1-7-9-15-24(5,6)17-21(25)18-27-22(26)23(3,4)16-19(8-2)20-13-11-10-12-14-20;3*1-4-5(2)3/h11-13,15-16,21,23,27H,7-10,14,17-20H2,1-6H3;10-12,14-15,20,22,26H,7-9,13,16-19H2,1-6H3;10-14,19,21,25H,7-9,15-18H2,1-6H3;3*5H,4H2,1-3H3/q3*+1;;;. The van der Waals surface area contributed by atoms with E-state index in [9.17, 15) is 29.7 Å². The summed E-state index contributed by atoms with van der Waals surface area (Å²) in [5.41, 5.74) is 2.04. The Bertz CT molecular complexity index is 2390. The largest absolute Gasteiger partial charge is 0.462 e. The molecule has 0 saturated heterocycles. The Morgan fingerprint density at radius 1 is 0.343 bits per heavy atom. The van der Waals surface area contributed by atoms with Gasteiger partial charge in [-0.25, -0.2) is 0 Å². The average molecular weight is 1390 g/mol. The molecule has 6 unspecified atom stereocenters.